The Morgan fingerprint density at radius 1 is 1.48 bits per heavy atom. The van der Waals surface area contributed by atoms with E-state index in [0.29, 0.717) is 41.9 Å². The molecule has 1 aliphatic rings. The predicted molar refractivity (Wildman–Crippen MR) is 106 cm³/mol. The molecule has 4 N–H and O–H groups in total. The molecule has 8 nitrogen and oxygen atoms in total. The van der Waals surface area contributed by atoms with Crippen molar-refractivity contribution in [2.45, 2.75) is 12.0 Å². The van der Waals surface area contributed by atoms with Crippen LogP contribution in [0.3, 0.4) is 0 Å². The summed E-state index contributed by atoms with van der Waals surface area (Å²) >= 11 is 5.95. The summed E-state index contributed by atoms with van der Waals surface area (Å²) in [5, 5.41) is 12.7. The Morgan fingerprint density at radius 3 is 3.07 bits per heavy atom. The number of H-pyrrole nitrogens is 1. The van der Waals surface area contributed by atoms with E-state index in [9.17, 15) is 14.4 Å². The fraction of sp³-hybridized carbons (Fsp3) is 0.263. The van der Waals surface area contributed by atoms with Gasteiger partial charge in [-0.1, -0.05) is 17.7 Å². The van der Waals surface area contributed by atoms with Gasteiger partial charge in [0.05, 0.1) is 27.1 Å². The van der Waals surface area contributed by atoms with Crippen molar-refractivity contribution in [1.29, 1.82) is 5.26 Å². The Morgan fingerprint density at radius 2 is 2.31 bits per heavy atom. The lowest BCUT2D eigenvalue weighted by Gasteiger charge is -2.25. The number of halogens is 2. The maximum Gasteiger partial charge on any atom is 0.255 e. The average Bonchev–Trinajstić information content (AvgIpc) is 3.30. The molecule has 0 aliphatic carbocycles. The summed E-state index contributed by atoms with van der Waals surface area (Å²) < 4.78 is 13.9. The molecule has 1 aromatic carbocycles. The van der Waals surface area contributed by atoms with Gasteiger partial charge in [0, 0.05) is 25.8 Å². The van der Waals surface area contributed by atoms with Gasteiger partial charge in [-0.25, -0.2) is 14.4 Å². The van der Waals surface area contributed by atoms with Gasteiger partial charge in [-0.05, 0) is 18.6 Å². The third-order valence-electron chi connectivity index (χ3n) is 5.05. The van der Waals surface area contributed by atoms with Crippen molar-refractivity contribution in [3.05, 3.63) is 52.7 Å². The van der Waals surface area contributed by atoms with Gasteiger partial charge in [0.25, 0.3) is 5.91 Å². The number of aromatic amines is 1. The van der Waals surface area contributed by atoms with Crippen molar-refractivity contribution in [3.8, 4) is 6.07 Å². The highest BCUT2D eigenvalue weighted by Crippen LogP contribution is 2.30. The van der Waals surface area contributed by atoms with Gasteiger partial charge in [-0.2, -0.15) is 5.26 Å². The molecule has 0 bridgehead atoms. The summed E-state index contributed by atoms with van der Waals surface area (Å²) in [5.74, 6) is -0.684. The number of nitriles is 1. The van der Waals surface area contributed by atoms with Crippen LogP contribution in [0.15, 0.2) is 30.7 Å². The number of nitrogens with one attached hydrogen (secondary N) is 2. The van der Waals surface area contributed by atoms with Crippen LogP contribution in [0.2, 0.25) is 5.02 Å². The number of carbonyl (C=O) groups excluding carboxylic acids is 1. The summed E-state index contributed by atoms with van der Waals surface area (Å²) in [6.45, 7) is 1.13. The van der Waals surface area contributed by atoms with E-state index >= 15 is 0 Å². The number of carbonyl (C=O) groups is 1. The smallest absolute Gasteiger partial charge is 0.255 e. The maximum atomic E-state index is 13.9. The Labute approximate surface area is 170 Å². The molecule has 0 saturated carbocycles. The average molecular weight is 414 g/mol. The number of benzene rings is 1. The second-order valence-electron chi connectivity index (χ2n) is 7.05. The minimum Gasteiger partial charge on any atom is -0.354 e. The van der Waals surface area contributed by atoms with E-state index in [1.54, 1.807) is 6.20 Å². The molecule has 1 atom stereocenters. The van der Waals surface area contributed by atoms with Crippen molar-refractivity contribution < 1.29 is 9.18 Å². The molecule has 1 amide bonds. The largest absolute Gasteiger partial charge is 0.354 e. The molecule has 1 saturated heterocycles. The minimum absolute atomic E-state index is 0.0430. The van der Waals surface area contributed by atoms with E-state index in [-0.39, 0.29) is 17.1 Å². The van der Waals surface area contributed by atoms with E-state index in [4.69, 9.17) is 17.3 Å². The second kappa shape index (κ2) is 7.31. The fourth-order valence-electron chi connectivity index (χ4n) is 3.55. The highest BCUT2D eigenvalue weighted by molar-refractivity contribution is 6.33. The molecule has 29 heavy (non-hydrogen) atoms. The van der Waals surface area contributed by atoms with Crippen LogP contribution < -0.4 is 16.0 Å². The molecule has 2 aromatic heterocycles. The molecule has 0 unspecified atom stereocenters. The quantitative estimate of drug-likeness (QED) is 0.600. The van der Waals surface area contributed by atoms with Crippen LogP contribution in [0.1, 0.15) is 22.3 Å². The Balaban J connectivity index is 1.50. The first-order valence-corrected chi connectivity index (χ1v) is 9.28. The van der Waals surface area contributed by atoms with Gasteiger partial charge >= 0.3 is 0 Å². The molecule has 0 spiro atoms. The zero-order valence-electron chi connectivity index (χ0n) is 15.2. The third-order valence-corrected chi connectivity index (χ3v) is 5.36. The summed E-state index contributed by atoms with van der Waals surface area (Å²) in [6.07, 6.45) is 3.59. The van der Waals surface area contributed by atoms with Gasteiger partial charge in [0.2, 0.25) is 0 Å². The zero-order chi connectivity index (χ0) is 20.6. The molecule has 3 aromatic rings. The molecule has 1 aliphatic heterocycles. The topological polar surface area (TPSA) is 124 Å². The zero-order valence-corrected chi connectivity index (χ0v) is 16.0. The van der Waals surface area contributed by atoms with E-state index in [0.717, 1.165) is 0 Å². The van der Waals surface area contributed by atoms with Crippen LogP contribution in [0, 0.1) is 17.1 Å². The molecule has 3 heterocycles. The second-order valence-corrected chi connectivity index (χ2v) is 7.46. The minimum atomic E-state index is -0.742. The monoisotopic (exact) mass is 413 g/mol. The number of anilines is 1. The van der Waals surface area contributed by atoms with Gasteiger partial charge < -0.3 is 20.9 Å². The van der Waals surface area contributed by atoms with Gasteiger partial charge in [-0.15, -0.1) is 0 Å². The summed E-state index contributed by atoms with van der Waals surface area (Å²) in [5.41, 5.74) is 6.56. The van der Waals surface area contributed by atoms with Crippen molar-refractivity contribution >= 4 is 34.4 Å². The molecular weight excluding hydrogens is 397 g/mol. The lowest BCUT2D eigenvalue weighted by Crippen LogP contribution is -2.52. The molecule has 0 radical (unpaired) electrons. The number of fused-ring (bicyclic) bond motifs is 1. The number of nitrogens with two attached hydrogens (primary N) is 1. The van der Waals surface area contributed by atoms with E-state index < -0.39 is 17.3 Å². The number of aromatic nitrogens is 3. The predicted octanol–water partition coefficient (Wildman–Crippen LogP) is 1.96. The SMILES string of the molecule is N#Cc1c[nH]c2ncnc(N3CC[C@](N)(CNC(=O)c4c(F)cccc4Cl)C3)c12. The van der Waals surface area contributed by atoms with Crippen LogP contribution in [0.5, 0.6) is 0 Å². The van der Waals surface area contributed by atoms with Crippen LogP contribution in [-0.2, 0) is 0 Å². The fourth-order valence-corrected chi connectivity index (χ4v) is 3.80. The number of amides is 1. The van der Waals surface area contributed by atoms with Crippen molar-refractivity contribution in [2.75, 3.05) is 24.5 Å². The van der Waals surface area contributed by atoms with E-state index in [1.165, 1.54) is 24.5 Å². The normalized spacial score (nSPS) is 18.8. The first-order valence-electron chi connectivity index (χ1n) is 8.90. The maximum absolute atomic E-state index is 13.9. The summed E-state index contributed by atoms with van der Waals surface area (Å²) in [6, 6.07) is 6.20. The first-order chi connectivity index (χ1) is 13.9. The van der Waals surface area contributed by atoms with E-state index in [1.807, 2.05) is 4.90 Å². The lowest BCUT2D eigenvalue weighted by molar-refractivity contribution is 0.0941. The number of nitrogens with zero attached hydrogens (tertiary/aromatic N) is 4. The van der Waals surface area contributed by atoms with Crippen molar-refractivity contribution in [1.82, 2.24) is 20.3 Å². The third kappa shape index (κ3) is 3.48. The van der Waals surface area contributed by atoms with Crippen molar-refractivity contribution in [2.24, 2.45) is 5.73 Å². The lowest BCUT2D eigenvalue weighted by atomic mass is 10.00. The number of hydrogen-bond acceptors (Lipinski definition) is 6. The first kappa shape index (κ1) is 19.1. The van der Waals surface area contributed by atoms with Crippen LogP contribution in [0.4, 0.5) is 10.2 Å². The van der Waals surface area contributed by atoms with E-state index in [2.05, 4.69) is 26.3 Å². The number of hydrogen-bond donors (Lipinski definition) is 3. The highest BCUT2D eigenvalue weighted by atomic mass is 35.5. The standard InChI is InChI=1S/C19H17ClFN7O/c20-12-2-1-3-13(21)15(12)18(29)25-8-19(23)4-5-28(9-19)17-14-11(6-22)7-24-16(14)26-10-27-17/h1-3,7,10H,4-5,8-9,23H2,(H,25,29)(H,24,26,27)/t19-/m0/s1. The Kier molecular flexibility index (Phi) is 4.82. The molecule has 10 heteroatoms. The molecule has 1 fully saturated rings. The summed E-state index contributed by atoms with van der Waals surface area (Å²) in [4.78, 5) is 25.8. The van der Waals surface area contributed by atoms with Crippen LogP contribution >= 0.6 is 11.6 Å². The van der Waals surface area contributed by atoms with Gasteiger partial charge in [0.15, 0.2) is 0 Å². The summed E-state index contributed by atoms with van der Waals surface area (Å²) in [7, 11) is 0. The molecule has 4 rings (SSSR count). The highest BCUT2D eigenvalue weighted by Gasteiger charge is 2.36. The van der Waals surface area contributed by atoms with Gasteiger partial charge in [-0.3, -0.25) is 4.79 Å². The van der Waals surface area contributed by atoms with Crippen molar-refractivity contribution in [3.63, 3.8) is 0 Å². The van der Waals surface area contributed by atoms with Crippen LogP contribution in [0.25, 0.3) is 11.0 Å². The van der Waals surface area contributed by atoms with Gasteiger partial charge in [0.1, 0.15) is 29.7 Å². The Hall–Kier alpha value is -3.22. The Bertz CT molecular complexity index is 1120. The molecule has 148 valence electrons. The van der Waals surface area contributed by atoms with Crippen LogP contribution in [-0.4, -0.2) is 46.0 Å². The molecular formula is C19H17ClFN7O. The number of rotatable bonds is 4.